The Morgan fingerprint density at radius 1 is 1.35 bits per heavy atom. The van der Waals surface area contributed by atoms with Crippen LogP contribution in [0.3, 0.4) is 0 Å². The van der Waals surface area contributed by atoms with E-state index in [4.69, 9.17) is 4.74 Å². The Balaban J connectivity index is 0.00000243. The van der Waals surface area contributed by atoms with Gasteiger partial charge in [-0.3, -0.25) is 9.79 Å². The molecule has 26 heavy (non-hydrogen) atoms. The van der Waals surface area contributed by atoms with E-state index in [1.54, 1.807) is 7.05 Å². The fraction of sp³-hybridized carbons (Fsp3) is 0.579. The average molecular weight is 473 g/mol. The van der Waals surface area contributed by atoms with Crippen molar-refractivity contribution >= 4 is 35.9 Å². The minimum absolute atomic E-state index is 0. The molecule has 0 aromatic heterocycles. The topological polar surface area (TPSA) is 72.0 Å². The molecule has 1 aromatic rings. The fourth-order valence-corrected chi connectivity index (χ4v) is 3.82. The maximum Gasteiger partial charge on any atom is 0.307 e. The lowest BCUT2D eigenvalue weighted by atomic mass is 9.86. The Morgan fingerprint density at radius 2 is 2.08 bits per heavy atom. The predicted octanol–water partition coefficient (Wildman–Crippen LogP) is 3.17. The van der Waals surface area contributed by atoms with Gasteiger partial charge < -0.3 is 20.1 Å². The Morgan fingerprint density at radius 3 is 2.77 bits per heavy atom. The second-order valence-corrected chi connectivity index (χ2v) is 6.76. The molecule has 2 N–H and O–H groups in total. The molecule has 2 aliphatic rings. The van der Waals surface area contributed by atoms with Gasteiger partial charge in [-0.05, 0) is 31.7 Å². The van der Waals surface area contributed by atoms with Crippen molar-refractivity contribution in [1.29, 1.82) is 0 Å². The Kier molecular flexibility index (Phi) is 7.55. The van der Waals surface area contributed by atoms with Crippen molar-refractivity contribution in [3.05, 3.63) is 29.8 Å². The third-order valence-corrected chi connectivity index (χ3v) is 5.10. The molecule has 0 saturated heterocycles. The SMILES string of the molecule is CN=C(NCCC(=O)OC)NC1CC2(CCCC2)Oc2ccccc21.I. The predicted molar refractivity (Wildman–Crippen MR) is 112 cm³/mol. The standard InChI is InChI=1S/C19H27N3O3.HI/c1-20-18(21-12-9-17(23)24-2)22-15-13-19(10-5-6-11-19)25-16-8-4-3-7-14(15)16;/h3-4,7-8,15H,5-6,9-13H2,1-2H3,(H2,20,21,22);1H. The van der Waals surface area contributed by atoms with Crippen molar-refractivity contribution in [2.24, 2.45) is 4.99 Å². The molecule has 1 saturated carbocycles. The van der Waals surface area contributed by atoms with Gasteiger partial charge in [0.15, 0.2) is 5.96 Å². The van der Waals surface area contributed by atoms with Crippen LogP contribution < -0.4 is 15.4 Å². The van der Waals surface area contributed by atoms with Crippen LogP contribution in [-0.2, 0) is 9.53 Å². The number of methoxy groups -OCH3 is 1. The van der Waals surface area contributed by atoms with Crippen LogP contribution >= 0.6 is 24.0 Å². The van der Waals surface area contributed by atoms with Crippen LogP contribution in [0.5, 0.6) is 5.75 Å². The van der Waals surface area contributed by atoms with E-state index in [0.717, 1.165) is 30.6 Å². The Bertz CT molecular complexity index is 645. The zero-order valence-electron chi connectivity index (χ0n) is 15.4. The van der Waals surface area contributed by atoms with Gasteiger partial charge in [-0.1, -0.05) is 18.2 Å². The number of nitrogens with zero attached hydrogens (tertiary/aromatic N) is 1. The highest BCUT2D eigenvalue weighted by Crippen LogP contribution is 2.46. The van der Waals surface area contributed by atoms with Crippen LogP contribution in [0.1, 0.15) is 50.1 Å². The largest absolute Gasteiger partial charge is 0.487 e. The van der Waals surface area contributed by atoms with Crippen LogP contribution in [0.25, 0.3) is 0 Å². The summed E-state index contributed by atoms with van der Waals surface area (Å²) in [6.45, 7) is 0.488. The first-order valence-corrected chi connectivity index (χ1v) is 8.98. The highest BCUT2D eigenvalue weighted by Gasteiger charge is 2.43. The molecule has 0 amide bonds. The number of benzene rings is 1. The van der Waals surface area contributed by atoms with E-state index in [1.807, 2.05) is 12.1 Å². The molecule has 1 aromatic carbocycles. The number of guanidine groups is 1. The molecule has 1 heterocycles. The molecule has 1 atom stereocenters. The Labute approximate surface area is 172 Å². The van der Waals surface area contributed by atoms with Gasteiger partial charge in [0.2, 0.25) is 0 Å². The molecule has 1 fully saturated rings. The van der Waals surface area contributed by atoms with Crippen molar-refractivity contribution in [2.75, 3.05) is 20.7 Å². The summed E-state index contributed by atoms with van der Waals surface area (Å²) in [5.41, 5.74) is 1.10. The van der Waals surface area contributed by atoms with E-state index in [-0.39, 0.29) is 41.6 Å². The normalized spacial score (nSPS) is 20.5. The zero-order chi connectivity index (χ0) is 17.7. The number of hydrogen-bond donors (Lipinski definition) is 2. The number of hydrogen-bond acceptors (Lipinski definition) is 4. The summed E-state index contributed by atoms with van der Waals surface area (Å²) in [7, 11) is 3.14. The Hall–Kier alpha value is -1.51. The lowest BCUT2D eigenvalue weighted by Crippen LogP contribution is -2.47. The van der Waals surface area contributed by atoms with Crippen LogP contribution in [0.15, 0.2) is 29.3 Å². The van der Waals surface area contributed by atoms with Crippen molar-refractivity contribution < 1.29 is 14.3 Å². The molecular formula is C19H28IN3O3. The number of para-hydroxylation sites is 1. The smallest absolute Gasteiger partial charge is 0.307 e. The molecule has 0 radical (unpaired) electrons. The van der Waals surface area contributed by atoms with Crippen molar-refractivity contribution in [2.45, 2.75) is 50.2 Å². The minimum Gasteiger partial charge on any atom is -0.487 e. The number of carbonyl (C=O) groups excluding carboxylic acids is 1. The molecule has 1 aliphatic heterocycles. The maximum absolute atomic E-state index is 11.3. The molecule has 144 valence electrons. The van der Waals surface area contributed by atoms with Gasteiger partial charge >= 0.3 is 5.97 Å². The van der Waals surface area contributed by atoms with Crippen molar-refractivity contribution in [3.8, 4) is 5.75 Å². The highest BCUT2D eigenvalue weighted by molar-refractivity contribution is 14.0. The minimum atomic E-state index is -0.232. The van der Waals surface area contributed by atoms with Gasteiger partial charge in [0.1, 0.15) is 11.4 Å². The molecule has 1 unspecified atom stereocenters. The van der Waals surface area contributed by atoms with Crippen LogP contribution in [-0.4, -0.2) is 38.2 Å². The first-order valence-electron chi connectivity index (χ1n) is 8.98. The molecule has 3 rings (SSSR count). The van der Waals surface area contributed by atoms with E-state index in [0.29, 0.717) is 18.9 Å². The molecular weight excluding hydrogens is 445 g/mol. The van der Waals surface area contributed by atoms with Crippen LogP contribution in [0.2, 0.25) is 0 Å². The summed E-state index contributed by atoms with van der Waals surface area (Å²) >= 11 is 0. The first kappa shape index (κ1) is 20.8. The second-order valence-electron chi connectivity index (χ2n) is 6.76. The first-order chi connectivity index (χ1) is 12.2. The maximum atomic E-state index is 11.3. The lowest BCUT2D eigenvalue weighted by molar-refractivity contribution is -0.140. The zero-order valence-corrected chi connectivity index (χ0v) is 17.7. The fourth-order valence-electron chi connectivity index (χ4n) is 3.82. The summed E-state index contributed by atoms with van der Waals surface area (Å²) in [6, 6.07) is 8.37. The lowest BCUT2D eigenvalue weighted by Gasteiger charge is -2.40. The molecule has 1 aliphatic carbocycles. The number of nitrogens with one attached hydrogen (secondary N) is 2. The number of halogens is 1. The number of ether oxygens (including phenoxy) is 2. The molecule has 0 bridgehead atoms. The number of fused-ring (bicyclic) bond motifs is 1. The highest BCUT2D eigenvalue weighted by atomic mass is 127. The number of aliphatic imine (C=N–C) groups is 1. The van der Waals surface area contributed by atoms with Crippen LogP contribution in [0, 0.1) is 0 Å². The van der Waals surface area contributed by atoms with Gasteiger partial charge in [-0.15, -0.1) is 24.0 Å². The summed E-state index contributed by atoms with van der Waals surface area (Å²) in [4.78, 5) is 15.6. The van der Waals surface area contributed by atoms with Gasteiger partial charge in [0.05, 0.1) is 19.6 Å². The average Bonchev–Trinajstić information content (AvgIpc) is 3.07. The summed E-state index contributed by atoms with van der Waals surface area (Å²) in [5.74, 6) is 1.43. The monoisotopic (exact) mass is 473 g/mol. The van der Waals surface area contributed by atoms with E-state index in [9.17, 15) is 4.79 Å². The quantitative estimate of drug-likeness (QED) is 0.304. The summed E-state index contributed by atoms with van der Waals surface area (Å²) in [6.07, 6.45) is 5.90. The number of esters is 1. The van der Waals surface area contributed by atoms with Gasteiger partial charge in [-0.2, -0.15) is 0 Å². The van der Waals surface area contributed by atoms with Crippen LogP contribution in [0.4, 0.5) is 0 Å². The number of rotatable bonds is 4. The van der Waals surface area contributed by atoms with E-state index in [2.05, 4.69) is 32.5 Å². The summed E-state index contributed by atoms with van der Waals surface area (Å²) < 4.78 is 11.1. The van der Waals surface area contributed by atoms with Crippen molar-refractivity contribution in [1.82, 2.24) is 10.6 Å². The molecule has 7 heteroatoms. The molecule has 6 nitrogen and oxygen atoms in total. The van der Waals surface area contributed by atoms with Gasteiger partial charge in [-0.25, -0.2) is 0 Å². The van der Waals surface area contributed by atoms with E-state index >= 15 is 0 Å². The van der Waals surface area contributed by atoms with Gasteiger partial charge in [0, 0.05) is 25.6 Å². The number of carbonyl (C=O) groups is 1. The van der Waals surface area contributed by atoms with E-state index < -0.39 is 0 Å². The van der Waals surface area contributed by atoms with Crippen molar-refractivity contribution in [3.63, 3.8) is 0 Å². The third-order valence-electron chi connectivity index (χ3n) is 5.10. The third kappa shape index (κ3) is 4.81. The van der Waals surface area contributed by atoms with E-state index in [1.165, 1.54) is 20.0 Å². The molecule has 1 spiro atoms. The second kappa shape index (κ2) is 9.43. The van der Waals surface area contributed by atoms with Gasteiger partial charge in [0.25, 0.3) is 0 Å². The summed E-state index contributed by atoms with van der Waals surface area (Å²) in [5, 5.41) is 6.70.